The Bertz CT molecular complexity index is 1050. The average Bonchev–Trinajstić information content (AvgIpc) is 3.21. The van der Waals surface area contributed by atoms with Gasteiger partial charge in [0.05, 0.1) is 16.7 Å². The fourth-order valence-corrected chi connectivity index (χ4v) is 3.27. The lowest BCUT2D eigenvalue weighted by molar-refractivity contribution is -0.0546. The van der Waals surface area contributed by atoms with Crippen molar-refractivity contribution in [2.24, 2.45) is 0 Å². The number of hydrogen-bond donors (Lipinski definition) is 0. The van der Waals surface area contributed by atoms with Gasteiger partial charge in [0, 0.05) is 0 Å². The normalized spacial score (nSPS) is 19.2. The van der Waals surface area contributed by atoms with Gasteiger partial charge in [0.25, 0.3) is 0 Å². The van der Waals surface area contributed by atoms with E-state index in [9.17, 15) is 14.4 Å². The Morgan fingerprint density at radius 3 is 1.12 bits per heavy atom. The summed E-state index contributed by atoms with van der Waals surface area (Å²) in [5, 5.41) is 0. The molecular weight excluding hydrogens is 408 g/mol. The van der Waals surface area contributed by atoms with Crippen molar-refractivity contribution in [1.82, 2.24) is 0 Å². The Hall–Kier alpha value is -4.19. The van der Waals surface area contributed by atoms with Gasteiger partial charge in [0.2, 0.25) is 0 Å². The molecule has 0 spiro atoms. The van der Waals surface area contributed by atoms with Crippen LogP contribution in [-0.4, -0.2) is 36.2 Å². The molecule has 160 valence electrons. The number of hydrogen-bond acceptors (Lipinski definition) is 6. The second kappa shape index (κ2) is 9.75. The second-order valence-electron chi connectivity index (χ2n) is 7.09. The third-order valence-electron chi connectivity index (χ3n) is 4.90. The number of esters is 3. The van der Waals surface area contributed by atoms with Crippen molar-refractivity contribution in [3.8, 4) is 0 Å². The predicted octanol–water partition coefficient (Wildman–Crippen LogP) is 4.23. The number of carbonyl (C=O) groups is 3. The molecule has 3 aromatic carbocycles. The molecule has 3 atom stereocenters. The molecule has 0 heterocycles. The third kappa shape index (κ3) is 4.92. The van der Waals surface area contributed by atoms with Crippen LogP contribution in [0, 0.1) is 0 Å². The van der Waals surface area contributed by atoms with Crippen LogP contribution in [0.2, 0.25) is 0 Å². The van der Waals surface area contributed by atoms with Gasteiger partial charge in [0.1, 0.15) is 0 Å². The fraction of sp³-hybridized carbons (Fsp3) is 0.115. The van der Waals surface area contributed by atoms with E-state index >= 15 is 0 Å². The van der Waals surface area contributed by atoms with Crippen molar-refractivity contribution in [3.05, 3.63) is 120 Å². The minimum Gasteiger partial charge on any atom is -0.450 e. The first-order chi connectivity index (χ1) is 15.6. The van der Waals surface area contributed by atoms with E-state index in [4.69, 9.17) is 14.2 Å². The summed E-state index contributed by atoms with van der Waals surface area (Å²) in [6, 6.07) is 25.4. The highest BCUT2D eigenvalue weighted by Crippen LogP contribution is 2.25. The molecule has 6 heteroatoms. The zero-order valence-electron chi connectivity index (χ0n) is 17.0. The molecule has 0 aromatic heterocycles. The van der Waals surface area contributed by atoms with Crippen molar-refractivity contribution in [1.29, 1.82) is 0 Å². The Morgan fingerprint density at radius 2 is 0.781 bits per heavy atom. The van der Waals surface area contributed by atoms with Gasteiger partial charge in [-0.25, -0.2) is 14.4 Å². The van der Waals surface area contributed by atoms with Crippen LogP contribution in [0.25, 0.3) is 0 Å². The van der Waals surface area contributed by atoms with Crippen LogP contribution in [0.15, 0.2) is 103 Å². The molecule has 1 aliphatic rings. The van der Waals surface area contributed by atoms with Gasteiger partial charge in [-0.1, -0.05) is 54.6 Å². The lowest BCUT2D eigenvalue weighted by Gasteiger charge is -2.25. The summed E-state index contributed by atoms with van der Waals surface area (Å²) in [7, 11) is 0. The molecule has 6 nitrogen and oxygen atoms in total. The zero-order chi connectivity index (χ0) is 22.3. The molecular formula is C26H20O6. The fourth-order valence-electron chi connectivity index (χ4n) is 3.27. The Morgan fingerprint density at radius 1 is 0.469 bits per heavy atom. The zero-order valence-corrected chi connectivity index (χ0v) is 17.0. The maximum atomic E-state index is 12.7. The monoisotopic (exact) mass is 428 g/mol. The van der Waals surface area contributed by atoms with Crippen molar-refractivity contribution in [2.45, 2.75) is 18.3 Å². The van der Waals surface area contributed by atoms with Crippen molar-refractivity contribution < 1.29 is 28.6 Å². The maximum absolute atomic E-state index is 12.7. The van der Waals surface area contributed by atoms with E-state index in [1.165, 1.54) is 0 Å². The van der Waals surface area contributed by atoms with Gasteiger partial charge in [-0.15, -0.1) is 0 Å². The molecule has 32 heavy (non-hydrogen) atoms. The van der Waals surface area contributed by atoms with Gasteiger partial charge >= 0.3 is 17.9 Å². The molecule has 0 aliphatic heterocycles. The first-order valence-electron chi connectivity index (χ1n) is 10.1. The minimum atomic E-state index is -1.02. The van der Waals surface area contributed by atoms with E-state index in [0.717, 1.165) is 0 Å². The van der Waals surface area contributed by atoms with Gasteiger partial charge in [-0.05, 0) is 48.6 Å². The molecule has 1 aliphatic carbocycles. The van der Waals surface area contributed by atoms with Crippen LogP contribution < -0.4 is 0 Å². The van der Waals surface area contributed by atoms with E-state index in [1.807, 2.05) is 0 Å². The predicted molar refractivity (Wildman–Crippen MR) is 116 cm³/mol. The summed E-state index contributed by atoms with van der Waals surface area (Å²) >= 11 is 0. The molecule has 0 radical (unpaired) electrons. The molecule has 0 amide bonds. The lowest BCUT2D eigenvalue weighted by atomic mass is 10.1. The first kappa shape index (κ1) is 21.1. The summed E-state index contributed by atoms with van der Waals surface area (Å²) in [5.74, 6) is -1.76. The van der Waals surface area contributed by atoms with Crippen LogP contribution in [-0.2, 0) is 14.2 Å². The quantitative estimate of drug-likeness (QED) is 0.332. The van der Waals surface area contributed by atoms with Crippen LogP contribution in [0.1, 0.15) is 31.1 Å². The van der Waals surface area contributed by atoms with E-state index in [1.54, 1.807) is 103 Å². The molecule has 4 rings (SSSR count). The lowest BCUT2D eigenvalue weighted by Crippen LogP contribution is -2.40. The molecule has 0 bridgehead atoms. The smallest absolute Gasteiger partial charge is 0.338 e. The first-order valence-corrected chi connectivity index (χ1v) is 10.1. The largest absolute Gasteiger partial charge is 0.450 e. The minimum absolute atomic E-state index is 0.334. The SMILES string of the molecule is O=C(OC1[C@@H](OC(=O)c2ccccc2)C=C[C@H]1OC(=O)c1ccccc1)c1ccccc1. The van der Waals surface area contributed by atoms with E-state index in [0.29, 0.717) is 16.7 Å². The maximum Gasteiger partial charge on any atom is 0.338 e. The molecule has 1 unspecified atom stereocenters. The van der Waals surface area contributed by atoms with Gasteiger partial charge in [0.15, 0.2) is 18.3 Å². The molecule has 0 saturated heterocycles. The van der Waals surface area contributed by atoms with Gasteiger partial charge < -0.3 is 14.2 Å². The summed E-state index contributed by atoms with van der Waals surface area (Å²) in [4.78, 5) is 37.8. The molecule has 3 aromatic rings. The Kier molecular flexibility index (Phi) is 6.41. The summed E-state index contributed by atoms with van der Waals surface area (Å²) < 4.78 is 16.8. The van der Waals surface area contributed by atoms with Crippen molar-refractivity contribution in [3.63, 3.8) is 0 Å². The highest BCUT2D eigenvalue weighted by Gasteiger charge is 2.40. The average molecular weight is 428 g/mol. The van der Waals surface area contributed by atoms with E-state index in [2.05, 4.69) is 0 Å². The summed E-state index contributed by atoms with van der Waals surface area (Å²) in [5.41, 5.74) is 1.05. The number of carbonyl (C=O) groups excluding carboxylic acids is 3. The van der Waals surface area contributed by atoms with Crippen molar-refractivity contribution >= 4 is 17.9 Å². The highest BCUT2D eigenvalue weighted by atomic mass is 16.6. The molecule has 0 fully saturated rings. The van der Waals surface area contributed by atoms with Crippen LogP contribution in [0.4, 0.5) is 0 Å². The van der Waals surface area contributed by atoms with Crippen LogP contribution >= 0.6 is 0 Å². The van der Waals surface area contributed by atoms with Crippen LogP contribution in [0.5, 0.6) is 0 Å². The highest BCUT2D eigenvalue weighted by molar-refractivity contribution is 5.91. The second-order valence-corrected chi connectivity index (χ2v) is 7.09. The van der Waals surface area contributed by atoms with E-state index in [-0.39, 0.29) is 0 Å². The topological polar surface area (TPSA) is 78.9 Å². The number of rotatable bonds is 6. The third-order valence-corrected chi connectivity index (χ3v) is 4.90. The van der Waals surface area contributed by atoms with Crippen molar-refractivity contribution in [2.75, 3.05) is 0 Å². The molecule has 0 N–H and O–H groups in total. The van der Waals surface area contributed by atoms with Gasteiger partial charge in [-0.3, -0.25) is 0 Å². The van der Waals surface area contributed by atoms with E-state index < -0.39 is 36.2 Å². The summed E-state index contributed by atoms with van der Waals surface area (Å²) in [6.07, 6.45) is 0.273. The van der Waals surface area contributed by atoms with Crippen LogP contribution in [0.3, 0.4) is 0 Å². The Balaban J connectivity index is 1.52. The summed E-state index contributed by atoms with van der Waals surface area (Å²) in [6.45, 7) is 0. The Labute approximate surface area is 185 Å². The molecule has 0 saturated carbocycles. The van der Waals surface area contributed by atoms with Gasteiger partial charge in [-0.2, -0.15) is 0 Å². The standard InChI is InChI=1S/C26H20O6/c27-24(18-10-4-1-5-11-18)30-21-16-17-22(31-25(28)19-12-6-2-7-13-19)23(21)32-26(29)20-14-8-3-9-15-20/h1-17,21-23H/t21-,22+,23?. The number of ether oxygens (including phenoxy) is 3. The number of benzene rings is 3.